The van der Waals surface area contributed by atoms with Crippen LogP contribution in [0.4, 0.5) is 11.4 Å². The molecule has 0 aromatic heterocycles. The molecule has 3 rings (SSSR count). The Morgan fingerprint density at radius 2 is 1.74 bits per heavy atom. The van der Waals surface area contributed by atoms with Crippen molar-refractivity contribution in [1.82, 2.24) is 0 Å². The van der Waals surface area contributed by atoms with Crippen LogP contribution in [0.2, 0.25) is 0 Å². The van der Waals surface area contributed by atoms with Crippen LogP contribution in [-0.4, -0.2) is 17.9 Å². The Morgan fingerprint density at radius 1 is 1.04 bits per heavy atom. The van der Waals surface area contributed by atoms with Crippen molar-refractivity contribution >= 4 is 29.3 Å². The number of amides is 1. The lowest BCUT2D eigenvalue weighted by atomic mass is 10.1. The van der Waals surface area contributed by atoms with Gasteiger partial charge in [-0.25, -0.2) is 0 Å². The number of ether oxygens (including phenoxy) is 2. The number of benzene rings is 2. The van der Waals surface area contributed by atoms with Crippen molar-refractivity contribution in [2.45, 2.75) is 26.6 Å². The predicted octanol–water partition coefficient (Wildman–Crippen LogP) is 5.06. The molecular formula is C22H22N2O3. The lowest BCUT2D eigenvalue weighted by molar-refractivity contribution is -0.149. The molecule has 2 aromatic carbocycles. The molecule has 0 saturated carbocycles. The van der Waals surface area contributed by atoms with Gasteiger partial charge in [0.1, 0.15) is 11.5 Å². The van der Waals surface area contributed by atoms with Gasteiger partial charge in [-0.15, -0.1) is 0 Å². The van der Waals surface area contributed by atoms with E-state index in [1.165, 1.54) is 6.92 Å². The standard InChI is InChI=1S/C22H22N2O3/c1-16(25)24-20-12-8-7-11-19(20)23-14-13-18-15-21(27-22(2,3)26-18)17-9-5-4-6-10-17/h4-15H,1-3H3,(H,24,25)/b18-13+,23-14?. The van der Waals surface area contributed by atoms with E-state index in [0.29, 0.717) is 17.1 Å². The minimum atomic E-state index is -0.784. The summed E-state index contributed by atoms with van der Waals surface area (Å²) in [5, 5.41) is 2.77. The first-order chi connectivity index (χ1) is 12.9. The zero-order chi connectivity index (χ0) is 19.3. The van der Waals surface area contributed by atoms with Gasteiger partial charge in [0, 0.05) is 38.6 Å². The van der Waals surface area contributed by atoms with Crippen LogP contribution in [0.3, 0.4) is 0 Å². The number of allylic oxidation sites excluding steroid dienone is 2. The van der Waals surface area contributed by atoms with E-state index in [2.05, 4.69) is 10.3 Å². The molecule has 1 aliphatic heterocycles. The zero-order valence-electron chi connectivity index (χ0n) is 15.6. The first-order valence-corrected chi connectivity index (χ1v) is 8.69. The van der Waals surface area contributed by atoms with Crippen LogP contribution < -0.4 is 5.32 Å². The molecule has 5 nitrogen and oxygen atoms in total. The highest BCUT2D eigenvalue weighted by atomic mass is 16.7. The van der Waals surface area contributed by atoms with Crippen molar-refractivity contribution in [2.24, 2.45) is 4.99 Å². The summed E-state index contributed by atoms with van der Waals surface area (Å²) in [4.78, 5) is 15.7. The number of carbonyl (C=O) groups excluding carboxylic acids is 1. The van der Waals surface area contributed by atoms with Crippen molar-refractivity contribution in [3.63, 3.8) is 0 Å². The molecule has 0 atom stereocenters. The Kier molecular flexibility index (Phi) is 5.41. The summed E-state index contributed by atoms with van der Waals surface area (Å²) in [6.07, 6.45) is 5.26. The average molecular weight is 362 g/mol. The molecule has 0 radical (unpaired) electrons. The molecule has 27 heavy (non-hydrogen) atoms. The third-order valence-electron chi connectivity index (χ3n) is 3.72. The normalized spacial score (nSPS) is 17.1. The smallest absolute Gasteiger partial charge is 0.245 e. The Labute approximate surface area is 159 Å². The molecule has 0 bridgehead atoms. The Morgan fingerprint density at radius 3 is 2.48 bits per heavy atom. The maximum absolute atomic E-state index is 11.3. The highest BCUT2D eigenvalue weighted by Gasteiger charge is 2.28. The lowest BCUT2D eigenvalue weighted by Gasteiger charge is -2.33. The van der Waals surface area contributed by atoms with Crippen molar-refractivity contribution < 1.29 is 14.3 Å². The molecule has 2 aromatic rings. The lowest BCUT2D eigenvalue weighted by Crippen LogP contribution is -2.30. The molecular weight excluding hydrogens is 340 g/mol. The fraction of sp³-hybridized carbons (Fsp3) is 0.182. The molecule has 138 valence electrons. The second-order valence-electron chi connectivity index (χ2n) is 6.52. The van der Waals surface area contributed by atoms with Crippen molar-refractivity contribution in [2.75, 3.05) is 5.32 Å². The summed E-state index contributed by atoms with van der Waals surface area (Å²) in [5.74, 6) is 0.463. The fourth-order valence-corrected chi connectivity index (χ4v) is 2.66. The summed E-state index contributed by atoms with van der Waals surface area (Å²) in [6.45, 7) is 5.19. The van der Waals surface area contributed by atoms with Crippen molar-refractivity contribution in [3.05, 3.63) is 78.1 Å². The quantitative estimate of drug-likeness (QED) is 0.774. The number of hydrogen-bond donors (Lipinski definition) is 1. The van der Waals surface area contributed by atoms with E-state index in [0.717, 1.165) is 11.3 Å². The minimum absolute atomic E-state index is 0.138. The second kappa shape index (κ2) is 7.91. The number of para-hydroxylation sites is 2. The summed E-state index contributed by atoms with van der Waals surface area (Å²) < 4.78 is 11.8. The third kappa shape index (κ3) is 5.07. The van der Waals surface area contributed by atoms with Gasteiger partial charge in [-0.1, -0.05) is 42.5 Å². The zero-order valence-corrected chi connectivity index (χ0v) is 15.6. The van der Waals surface area contributed by atoms with Crippen LogP contribution in [0.1, 0.15) is 26.3 Å². The van der Waals surface area contributed by atoms with Crippen LogP contribution in [-0.2, 0) is 14.3 Å². The number of aliphatic imine (C=N–C) groups is 1. The van der Waals surface area contributed by atoms with Crippen LogP contribution in [0.15, 0.2) is 77.5 Å². The van der Waals surface area contributed by atoms with Gasteiger partial charge >= 0.3 is 0 Å². The fourth-order valence-electron chi connectivity index (χ4n) is 2.66. The molecule has 0 aliphatic carbocycles. The van der Waals surface area contributed by atoms with Gasteiger partial charge in [0.15, 0.2) is 0 Å². The van der Waals surface area contributed by atoms with Crippen LogP contribution in [0.5, 0.6) is 0 Å². The first-order valence-electron chi connectivity index (χ1n) is 8.69. The molecule has 0 spiro atoms. The second-order valence-corrected chi connectivity index (χ2v) is 6.52. The maximum atomic E-state index is 11.3. The van der Waals surface area contributed by atoms with Crippen molar-refractivity contribution in [1.29, 1.82) is 0 Å². The Bertz CT molecular complexity index is 912. The van der Waals surface area contributed by atoms with Gasteiger partial charge in [-0.2, -0.15) is 0 Å². The van der Waals surface area contributed by atoms with E-state index in [9.17, 15) is 4.79 Å². The largest absolute Gasteiger partial charge is 0.453 e. The molecule has 0 unspecified atom stereocenters. The average Bonchev–Trinajstić information content (AvgIpc) is 2.62. The van der Waals surface area contributed by atoms with E-state index >= 15 is 0 Å². The van der Waals surface area contributed by atoms with E-state index in [4.69, 9.17) is 9.47 Å². The van der Waals surface area contributed by atoms with Crippen LogP contribution in [0.25, 0.3) is 5.76 Å². The highest BCUT2D eigenvalue weighted by molar-refractivity contribution is 5.93. The predicted molar refractivity (Wildman–Crippen MR) is 108 cm³/mol. The van der Waals surface area contributed by atoms with E-state index in [1.807, 2.05) is 74.5 Å². The summed E-state index contributed by atoms with van der Waals surface area (Å²) in [5.41, 5.74) is 2.31. The monoisotopic (exact) mass is 362 g/mol. The van der Waals surface area contributed by atoms with Crippen LogP contribution in [0, 0.1) is 0 Å². The number of rotatable bonds is 4. The number of nitrogens with one attached hydrogen (secondary N) is 1. The van der Waals surface area contributed by atoms with Gasteiger partial charge < -0.3 is 14.8 Å². The Balaban J connectivity index is 1.86. The molecule has 0 saturated heterocycles. The molecule has 1 aliphatic rings. The Hall–Kier alpha value is -3.34. The van der Waals surface area contributed by atoms with E-state index in [1.54, 1.807) is 12.3 Å². The minimum Gasteiger partial charge on any atom is -0.453 e. The summed E-state index contributed by atoms with van der Waals surface area (Å²) in [6, 6.07) is 17.2. The van der Waals surface area contributed by atoms with Gasteiger partial charge in [0.25, 0.3) is 0 Å². The topological polar surface area (TPSA) is 59.9 Å². The maximum Gasteiger partial charge on any atom is 0.245 e. The van der Waals surface area contributed by atoms with Crippen molar-refractivity contribution in [3.8, 4) is 0 Å². The van der Waals surface area contributed by atoms with Gasteiger partial charge in [-0.05, 0) is 18.2 Å². The molecule has 5 heteroatoms. The number of nitrogens with zero attached hydrogens (tertiary/aromatic N) is 1. The summed E-state index contributed by atoms with van der Waals surface area (Å²) in [7, 11) is 0. The van der Waals surface area contributed by atoms with Gasteiger partial charge in [0.2, 0.25) is 11.7 Å². The number of hydrogen-bond acceptors (Lipinski definition) is 4. The molecule has 1 amide bonds. The van der Waals surface area contributed by atoms with Crippen LogP contribution >= 0.6 is 0 Å². The highest BCUT2D eigenvalue weighted by Crippen LogP contribution is 2.32. The number of anilines is 1. The number of carbonyl (C=O) groups is 1. The van der Waals surface area contributed by atoms with E-state index in [-0.39, 0.29) is 5.91 Å². The first kappa shape index (κ1) is 18.5. The SMILES string of the molecule is CC(=O)Nc1ccccc1N=C/C=C1\C=C(c2ccccc2)OC(C)(C)O1. The van der Waals surface area contributed by atoms with Gasteiger partial charge in [0.05, 0.1) is 11.4 Å². The summed E-state index contributed by atoms with van der Waals surface area (Å²) >= 11 is 0. The molecule has 0 fully saturated rings. The van der Waals surface area contributed by atoms with E-state index < -0.39 is 5.79 Å². The third-order valence-corrected chi connectivity index (χ3v) is 3.72. The van der Waals surface area contributed by atoms with Gasteiger partial charge in [-0.3, -0.25) is 9.79 Å². The molecule has 1 N–H and O–H groups in total. The molecule has 1 heterocycles.